The average molecular weight is 380 g/mol. The highest BCUT2D eigenvalue weighted by Gasteiger charge is 2.43. The highest BCUT2D eigenvalue weighted by atomic mass is 35.5. The number of piperazine rings is 1. The monoisotopic (exact) mass is 379 g/mol. The fraction of sp³-hybridized carbons (Fsp3) is 0.467. The van der Waals surface area contributed by atoms with E-state index < -0.39 is 28.5 Å². The maximum atomic E-state index is 13.1. The second-order valence-corrected chi connectivity index (χ2v) is 6.08. The number of rotatable bonds is 4. The molecule has 10 heteroatoms. The Hall–Kier alpha value is -2.00. The van der Waals surface area contributed by atoms with Gasteiger partial charge in [0.25, 0.3) is 0 Å². The average Bonchev–Trinajstić information content (AvgIpc) is 2.54. The molecule has 138 valence electrons. The Kier molecular flexibility index (Phi) is 5.48. The summed E-state index contributed by atoms with van der Waals surface area (Å²) in [5.41, 5.74) is -1.92. The molecule has 1 saturated heterocycles. The highest BCUT2D eigenvalue weighted by molar-refractivity contribution is 6.31. The Labute approximate surface area is 147 Å². The number of carbonyl (C=O) groups excluding carboxylic acids is 1. The van der Waals surface area contributed by atoms with E-state index in [-0.39, 0.29) is 31.7 Å². The summed E-state index contributed by atoms with van der Waals surface area (Å²) in [7, 11) is 1.51. The summed E-state index contributed by atoms with van der Waals surface area (Å²) >= 11 is 5.63. The van der Waals surface area contributed by atoms with E-state index in [0.29, 0.717) is 6.29 Å². The van der Waals surface area contributed by atoms with Crippen LogP contribution in [0.5, 0.6) is 0 Å². The predicted octanol–water partition coefficient (Wildman–Crippen LogP) is 2.66. The first-order valence-corrected chi connectivity index (χ1v) is 7.77. The first-order valence-electron chi connectivity index (χ1n) is 7.39. The van der Waals surface area contributed by atoms with Crippen molar-refractivity contribution in [2.75, 3.05) is 31.6 Å². The van der Waals surface area contributed by atoms with Gasteiger partial charge in [-0.25, -0.2) is 4.79 Å². The number of nitrogens with one attached hydrogen (secondary N) is 1. The maximum absolute atomic E-state index is 13.1. The molecule has 2 rings (SSSR count). The molecular formula is C15H17ClF3N3O3. The van der Waals surface area contributed by atoms with Crippen LogP contribution in [0.3, 0.4) is 0 Å². The second kappa shape index (κ2) is 7.09. The minimum atomic E-state index is -4.60. The van der Waals surface area contributed by atoms with Gasteiger partial charge in [-0.1, -0.05) is 11.6 Å². The van der Waals surface area contributed by atoms with Crippen LogP contribution in [-0.4, -0.2) is 54.7 Å². The number of hydrogen-bond donors (Lipinski definition) is 2. The number of amides is 1. The van der Waals surface area contributed by atoms with Gasteiger partial charge in [0.2, 0.25) is 0 Å². The number of alkyl halides is 3. The van der Waals surface area contributed by atoms with Gasteiger partial charge in [-0.15, -0.1) is 0 Å². The number of hydrogen-bond acceptors (Lipinski definition) is 4. The van der Waals surface area contributed by atoms with Gasteiger partial charge in [-0.2, -0.15) is 13.2 Å². The Balaban J connectivity index is 2.39. The standard InChI is InChI=1S/C15H17ClF3N3O3/c1-20-14(4-7-23)9-21(5-6-22(14)13(24)25)10-2-3-12(16)11(8-10)15(17,18)19/h2-3,7-8,20H,4-6,9H2,1H3,(H,24,25). The van der Waals surface area contributed by atoms with Gasteiger partial charge in [0.1, 0.15) is 11.9 Å². The number of carbonyl (C=O) groups is 2. The summed E-state index contributed by atoms with van der Waals surface area (Å²) in [6.07, 6.45) is -5.35. The van der Waals surface area contributed by atoms with Crippen molar-refractivity contribution in [3.05, 3.63) is 28.8 Å². The first-order chi connectivity index (χ1) is 11.6. The zero-order valence-electron chi connectivity index (χ0n) is 13.3. The largest absolute Gasteiger partial charge is 0.465 e. The number of nitrogens with zero attached hydrogens (tertiary/aromatic N) is 2. The molecule has 0 radical (unpaired) electrons. The molecule has 25 heavy (non-hydrogen) atoms. The molecule has 1 unspecified atom stereocenters. The fourth-order valence-electron chi connectivity index (χ4n) is 2.97. The third-order valence-corrected chi connectivity index (χ3v) is 4.63. The quantitative estimate of drug-likeness (QED) is 0.787. The lowest BCUT2D eigenvalue weighted by Crippen LogP contribution is -2.70. The van der Waals surface area contributed by atoms with Crippen LogP contribution in [0.1, 0.15) is 12.0 Å². The van der Waals surface area contributed by atoms with Crippen LogP contribution in [0.25, 0.3) is 0 Å². The third kappa shape index (κ3) is 3.82. The summed E-state index contributed by atoms with van der Waals surface area (Å²) < 4.78 is 39.2. The van der Waals surface area contributed by atoms with Gasteiger partial charge >= 0.3 is 12.3 Å². The lowest BCUT2D eigenvalue weighted by molar-refractivity contribution is -0.137. The number of anilines is 1. The molecule has 1 aliphatic rings. The molecule has 0 spiro atoms. The SMILES string of the molecule is CNC1(CC=O)CN(c2ccc(Cl)c(C(F)(F)F)c2)CCN1C(=O)O. The molecule has 2 N–H and O–H groups in total. The summed E-state index contributed by atoms with van der Waals surface area (Å²) in [6, 6.07) is 3.53. The van der Waals surface area contributed by atoms with Gasteiger partial charge in [0.05, 0.1) is 17.1 Å². The number of aldehydes is 1. The molecule has 1 aromatic carbocycles. The van der Waals surface area contributed by atoms with E-state index in [9.17, 15) is 27.9 Å². The summed E-state index contributed by atoms with van der Waals surface area (Å²) in [4.78, 5) is 25.2. The molecule has 1 atom stereocenters. The minimum absolute atomic E-state index is 0.0213. The zero-order valence-corrected chi connectivity index (χ0v) is 14.1. The second-order valence-electron chi connectivity index (χ2n) is 5.67. The van der Waals surface area contributed by atoms with Crippen LogP contribution in [0.15, 0.2) is 18.2 Å². The van der Waals surface area contributed by atoms with E-state index in [1.807, 2.05) is 0 Å². The van der Waals surface area contributed by atoms with Gasteiger partial charge < -0.3 is 14.8 Å². The van der Waals surface area contributed by atoms with Crippen LogP contribution in [0.2, 0.25) is 5.02 Å². The molecule has 0 aliphatic carbocycles. The molecule has 1 aromatic rings. The van der Waals surface area contributed by atoms with Crippen LogP contribution in [-0.2, 0) is 11.0 Å². The molecule has 6 nitrogen and oxygen atoms in total. The van der Waals surface area contributed by atoms with Crippen molar-refractivity contribution in [1.82, 2.24) is 10.2 Å². The Morgan fingerprint density at radius 3 is 2.64 bits per heavy atom. The smallest absolute Gasteiger partial charge is 0.417 e. The highest BCUT2D eigenvalue weighted by Crippen LogP contribution is 2.37. The number of carboxylic acid groups (broad SMARTS) is 1. The van der Waals surface area contributed by atoms with E-state index in [1.165, 1.54) is 13.1 Å². The lowest BCUT2D eigenvalue weighted by Gasteiger charge is -2.49. The molecular weight excluding hydrogens is 363 g/mol. The van der Waals surface area contributed by atoms with Crippen molar-refractivity contribution < 1.29 is 27.9 Å². The van der Waals surface area contributed by atoms with Crippen molar-refractivity contribution in [1.29, 1.82) is 0 Å². The Bertz CT molecular complexity index is 671. The number of benzene rings is 1. The Morgan fingerprint density at radius 2 is 2.12 bits per heavy atom. The van der Waals surface area contributed by atoms with E-state index in [0.717, 1.165) is 17.0 Å². The van der Waals surface area contributed by atoms with Crippen molar-refractivity contribution in [3.8, 4) is 0 Å². The third-order valence-electron chi connectivity index (χ3n) is 4.30. The normalized spacial score (nSPS) is 21.3. The predicted molar refractivity (Wildman–Crippen MR) is 85.9 cm³/mol. The van der Waals surface area contributed by atoms with Crippen LogP contribution < -0.4 is 10.2 Å². The van der Waals surface area contributed by atoms with Crippen molar-refractivity contribution >= 4 is 29.7 Å². The van der Waals surface area contributed by atoms with Crippen molar-refractivity contribution in [3.63, 3.8) is 0 Å². The first kappa shape index (κ1) is 19.3. The fourth-order valence-corrected chi connectivity index (χ4v) is 3.19. The van der Waals surface area contributed by atoms with Crippen molar-refractivity contribution in [2.45, 2.75) is 18.3 Å². The van der Waals surface area contributed by atoms with Gasteiger partial charge in [0, 0.05) is 25.2 Å². The van der Waals surface area contributed by atoms with Crippen LogP contribution >= 0.6 is 11.6 Å². The van der Waals surface area contributed by atoms with Crippen LogP contribution in [0.4, 0.5) is 23.7 Å². The van der Waals surface area contributed by atoms with E-state index >= 15 is 0 Å². The van der Waals surface area contributed by atoms with E-state index in [1.54, 1.807) is 4.90 Å². The summed E-state index contributed by atoms with van der Waals surface area (Å²) in [6.45, 7) is 0.245. The molecule has 1 amide bonds. The summed E-state index contributed by atoms with van der Waals surface area (Å²) in [5, 5.41) is 11.8. The summed E-state index contributed by atoms with van der Waals surface area (Å²) in [5.74, 6) is 0. The molecule has 1 aliphatic heterocycles. The minimum Gasteiger partial charge on any atom is -0.465 e. The van der Waals surface area contributed by atoms with E-state index in [4.69, 9.17) is 11.6 Å². The molecule has 1 heterocycles. The number of halogens is 4. The van der Waals surface area contributed by atoms with Gasteiger partial charge in [-0.05, 0) is 25.2 Å². The van der Waals surface area contributed by atoms with Gasteiger partial charge in [0.15, 0.2) is 0 Å². The Morgan fingerprint density at radius 1 is 1.44 bits per heavy atom. The molecule has 1 fully saturated rings. The van der Waals surface area contributed by atoms with Crippen LogP contribution in [0, 0.1) is 0 Å². The maximum Gasteiger partial charge on any atom is 0.417 e. The zero-order chi connectivity index (χ0) is 18.8. The van der Waals surface area contributed by atoms with Gasteiger partial charge in [-0.3, -0.25) is 10.2 Å². The number of likely N-dealkylation sites (N-methyl/N-ethyl adjacent to an activating group) is 1. The van der Waals surface area contributed by atoms with Crippen molar-refractivity contribution in [2.24, 2.45) is 0 Å². The molecule has 0 aromatic heterocycles. The molecule has 0 saturated carbocycles. The molecule has 0 bridgehead atoms. The lowest BCUT2D eigenvalue weighted by atomic mass is 10.00. The topological polar surface area (TPSA) is 72.9 Å². The van der Waals surface area contributed by atoms with E-state index in [2.05, 4.69) is 5.32 Å².